The van der Waals surface area contributed by atoms with Crippen LogP contribution in [0.2, 0.25) is 0 Å². The van der Waals surface area contributed by atoms with Gasteiger partial charge in [0.25, 0.3) is 5.08 Å². The van der Waals surface area contributed by atoms with Gasteiger partial charge in [-0.25, -0.2) is 0 Å². The summed E-state index contributed by atoms with van der Waals surface area (Å²) < 4.78 is 28.9. The summed E-state index contributed by atoms with van der Waals surface area (Å²) in [6, 6.07) is 0. The Balaban J connectivity index is 5.39. The van der Waals surface area contributed by atoms with Crippen LogP contribution in [0.5, 0.6) is 0 Å². The van der Waals surface area contributed by atoms with Gasteiger partial charge in [0.2, 0.25) is 0 Å². The first-order chi connectivity index (χ1) is 11.2. The molecule has 0 aliphatic heterocycles. The van der Waals surface area contributed by atoms with E-state index in [-0.39, 0.29) is 6.61 Å². The van der Waals surface area contributed by atoms with Gasteiger partial charge < -0.3 is 24.3 Å². The van der Waals surface area contributed by atoms with Crippen molar-refractivity contribution in [3.63, 3.8) is 0 Å². The summed E-state index contributed by atoms with van der Waals surface area (Å²) in [5, 5.41) is -2.87. The Kier molecular flexibility index (Phi) is 9.77. The lowest BCUT2D eigenvalue weighted by atomic mass is 10.1. The van der Waals surface area contributed by atoms with E-state index in [0.29, 0.717) is 5.57 Å². The highest BCUT2D eigenvalue weighted by molar-refractivity contribution is 7.72. The first-order valence-electron chi connectivity index (χ1n) is 7.90. The standard InChI is InChI=1S/C16H30O7P2/c1-13(2)7-6-8-15(5)10-12-23-16(24(17,18)19,25(20,21)22)11-9-14(3)4/h7,9-10H,6,8,11-12H2,1-5H3,(H2,17,18,19)(H2,20,21,22)/b15-10+. The lowest BCUT2D eigenvalue weighted by Gasteiger charge is -2.33. The van der Waals surface area contributed by atoms with Gasteiger partial charge in [0.15, 0.2) is 0 Å². The average molecular weight is 396 g/mol. The van der Waals surface area contributed by atoms with Crippen LogP contribution in [0.3, 0.4) is 0 Å². The highest BCUT2D eigenvalue weighted by Gasteiger charge is 2.61. The van der Waals surface area contributed by atoms with E-state index < -0.39 is 26.7 Å². The Morgan fingerprint density at radius 1 is 0.880 bits per heavy atom. The van der Waals surface area contributed by atoms with Crippen molar-refractivity contribution >= 4 is 15.2 Å². The molecule has 0 aliphatic carbocycles. The third-order valence-electron chi connectivity index (χ3n) is 3.52. The Morgan fingerprint density at radius 2 is 1.36 bits per heavy atom. The molecule has 0 aromatic heterocycles. The number of rotatable bonds is 10. The second-order valence-electron chi connectivity index (χ2n) is 6.50. The Hall–Kier alpha value is -0.520. The smallest absolute Gasteiger partial charge is 0.347 e. The van der Waals surface area contributed by atoms with Crippen molar-refractivity contribution in [1.29, 1.82) is 0 Å². The molecule has 0 heterocycles. The van der Waals surface area contributed by atoms with Crippen molar-refractivity contribution in [3.05, 3.63) is 34.9 Å². The van der Waals surface area contributed by atoms with Gasteiger partial charge in [0.05, 0.1) is 6.61 Å². The SMILES string of the molecule is CC(C)=CCC/C(C)=C/COC(CC=C(C)C)(P(=O)(O)O)P(=O)(O)O. The molecule has 0 aromatic rings. The quantitative estimate of drug-likeness (QED) is 0.324. The minimum absolute atomic E-state index is 0.298. The van der Waals surface area contributed by atoms with Crippen molar-refractivity contribution in [2.75, 3.05) is 6.61 Å². The normalized spacial score (nSPS) is 13.6. The fourth-order valence-corrected chi connectivity index (χ4v) is 4.48. The van der Waals surface area contributed by atoms with Crippen LogP contribution < -0.4 is 0 Å². The molecule has 0 atom stereocenters. The molecule has 4 N–H and O–H groups in total. The van der Waals surface area contributed by atoms with E-state index in [2.05, 4.69) is 6.08 Å². The summed E-state index contributed by atoms with van der Waals surface area (Å²) in [6.07, 6.45) is 5.95. The number of allylic oxidation sites excluding steroid dienone is 4. The predicted molar refractivity (Wildman–Crippen MR) is 99.2 cm³/mol. The first kappa shape index (κ1) is 24.5. The third-order valence-corrected chi connectivity index (χ3v) is 7.53. The molecule has 0 radical (unpaired) electrons. The zero-order chi connectivity index (χ0) is 19.9. The van der Waals surface area contributed by atoms with Crippen LogP contribution in [-0.4, -0.2) is 31.3 Å². The summed E-state index contributed by atoms with van der Waals surface area (Å²) in [7, 11) is -10.5. The van der Waals surface area contributed by atoms with Gasteiger partial charge in [-0.05, 0) is 47.5 Å². The largest absolute Gasteiger partial charge is 0.370 e. The van der Waals surface area contributed by atoms with Crippen LogP contribution in [0.15, 0.2) is 34.9 Å². The highest BCUT2D eigenvalue weighted by Crippen LogP contribution is 2.71. The second kappa shape index (κ2) is 9.98. The maximum Gasteiger partial charge on any atom is 0.370 e. The molecular weight excluding hydrogens is 366 g/mol. The molecule has 0 fully saturated rings. The topological polar surface area (TPSA) is 124 Å². The molecular formula is C16H30O7P2. The molecule has 0 saturated heterocycles. The van der Waals surface area contributed by atoms with Crippen LogP contribution in [-0.2, 0) is 13.9 Å². The van der Waals surface area contributed by atoms with Crippen LogP contribution in [0, 0.1) is 0 Å². The lowest BCUT2D eigenvalue weighted by molar-refractivity contribution is 0.0557. The summed E-state index contributed by atoms with van der Waals surface area (Å²) in [6.45, 7) is 8.83. The van der Waals surface area contributed by atoms with Crippen molar-refractivity contribution in [2.24, 2.45) is 0 Å². The molecule has 0 rings (SSSR count). The van der Waals surface area contributed by atoms with E-state index in [9.17, 15) is 28.7 Å². The first-order valence-corrected chi connectivity index (χ1v) is 11.1. The van der Waals surface area contributed by atoms with Crippen molar-refractivity contribution in [3.8, 4) is 0 Å². The molecule has 0 bridgehead atoms. The van der Waals surface area contributed by atoms with E-state index in [0.717, 1.165) is 18.4 Å². The molecule has 7 nitrogen and oxygen atoms in total. The molecule has 0 aliphatic rings. The van der Waals surface area contributed by atoms with E-state index >= 15 is 0 Å². The number of hydrogen-bond acceptors (Lipinski definition) is 3. The van der Waals surface area contributed by atoms with Gasteiger partial charge in [0.1, 0.15) is 0 Å². The predicted octanol–water partition coefficient (Wildman–Crippen LogP) is 4.06. The van der Waals surface area contributed by atoms with Crippen LogP contribution in [0.25, 0.3) is 0 Å². The zero-order valence-electron chi connectivity index (χ0n) is 15.5. The molecule has 0 aromatic carbocycles. The van der Waals surface area contributed by atoms with Gasteiger partial charge in [-0.2, -0.15) is 0 Å². The van der Waals surface area contributed by atoms with Crippen LogP contribution in [0.4, 0.5) is 0 Å². The number of ether oxygens (including phenoxy) is 1. The molecule has 25 heavy (non-hydrogen) atoms. The van der Waals surface area contributed by atoms with Crippen molar-refractivity contribution in [2.45, 2.75) is 59.0 Å². The van der Waals surface area contributed by atoms with Gasteiger partial charge in [0, 0.05) is 6.42 Å². The summed E-state index contributed by atoms with van der Waals surface area (Å²) in [4.78, 5) is 38.3. The van der Waals surface area contributed by atoms with E-state index in [1.54, 1.807) is 19.9 Å². The maximum absolute atomic E-state index is 11.9. The summed E-state index contributed by atoms with van der Waals surface area (Å²) >= 11 is 0. The fraction of sp³-hybridized carbons (Fsp3) is 0.625. The fourth-order valence-electron chi connectivity index (χ4n) is 1.98. The van der Waals surface area contributed by atoms with E-state index in [1.807, 2.05) is 20.8 Å². The van der Waals surface area contributed by atoms with Gasteiger partial charge >= 0.3 is 15.2 Å². The van der Waals surface area contributed by atoms with Crippen LogP contribution in [0.1, 0.15) is 53.9 Å². The second-order valence-corrected chi connectivity index (χ2v) is 10.5. The maximum atomic E-state index is 11.9. The van der Waals surface area contributed by atoms with Gasteiger partial charge in [-0.3, -0.25) is 9.13 Å². The molecule has 9 heteroatoms. The Labute approximate surface area is 149 Å². The average Bonchev–Trinajstić information content (AvgIpc) is 2.38. The summed E-state index contributed by atoms with van der Waals surface area (Å²) in [5.74, 6) is 0. The van der Waals surface area contributed by atoms with Gasteiger partial charge in [-0.1, -0.05) is 34.9 Å². The van der Waals surface area contributed by atoms with Gasteiger partial charge in [-0.15, -0.1) is 0 Å². The van der Waals surface area contributed by atoms with Crippen LogP contribution >= 0.6 is 15.2 Å². The third kappa shape index (κ3) is 8.14. The van der Waals surface area contributed by atoms with E-state index in [1.165, 1.54) is 11.6 Å². The van der Waals surface area contributed by atoms with Crippen molar-refractivity contribution in [1.82, 2.24) is 0 Å². The summed E-state index contributed by atoms with van der Waals surface area (Å²) in [5.41, 5.74) is 2.76. The minimum Gasteiger partial charge on any atom is -0.347 e. The molecule has 0 saturated carbocycles. The van der Waals surface area contributed by atoms with E-state index in [4.69, 9.17) is 4.74 Å². The lowest BCUT2D eigenvalue weighted by Crippen LogP contribution is -2.32. The number of hydrogen-bond donors (Lipinski definition) is 4. The highest BCUT2D eigenvalue weighted by atomic mass is 31.2. The minimum atomic E-state index is -5.25. The molecule has 146 valence electrons. The van der Waals surface area contributed by atoms with Crippen molar-refractivity contribution < 1.29 is 33.4 Å². The molecule has 0 unspecified atom stereocenters. The monoisotopic (exact) mass is 396 g/mol. The Morgan fingerprint density at radius 3 is 1.76 bits per heavy atom. The molecule has 0 spiro atoms. The zero-order valence-corrected chi connectivity index (χ0v) is 17.3. The molecule has 0 amide bonds. The Bertz CT molecular complexity index is 592.